The molecule has 1 aromatic heterocycles. The van der Waals surface area contributed by atoms with Gasteiger partial charge in [0.1, 0.15) is 0 Å². The Balaban J connectivity index is 2.39. The summed E-state index contributed by atoms with van der Waals surface area (Å²) < 4.78 is 1.56. The van der Waals surface area contributed by atoms with Crippen molar-refractivity contribution in [1.82, 2.24) is 20.2 Å². The first-order chi connectivity index (χ1) is 4.86. The standard InChI is InChI=1S/C4H5N5O/c10-3-1-2-9-4(5-3)6-7-8-9/h1-2H2,(H,5,6,8,10). The van der Waals surface area contributed by atoms with Crippen LogP contribution in [0.3, 0.4) is 0 Å². The summed E-state index contributed by atoms with van der Waals surface area (Å²) in [5, 5.41) is 13.1. The average Bonchev–Trinajstić information content (AvgIpc) is 2.33. The number of anilines is 1. The van der Waals surface area contributed by atoms with Gasteiger partial charge in [0.05, 0.1) is 6.54 Å². The van der Waals surface area contributed by atoms with E-state index < -0.39 is 0 Å². The summed E-state index contributed by atoms with van der Waals surface area (Å²) in [5.41, 5.74) is 0. The van der Waals surface area contributed by atoms with Crippen molar-refractivity contribution in [3.63, 3.8) is 0 Å². The van der Waals surface area contributed by atoms with Crippen LogP contribution in [0.25, 0.3) is 0 Å². The van der Waals surface area contributed by atoms with Gasteiger partial charge in [0.15, 0.2) is 0 Å². The number of hydrogen-bond donors (Lipinski definition) is 1. The fourth-order valence-electron chi connectivity index (χ4n) is 0.839. The lowest BCUT2D eigenvalue weighted by molar-refractivity contribution is -0.117. The van der Waals surface area contributed by atoms with Crippen LogP contribution in [-0.2, 0) is 11.3 Å². The van der Waals surface area contributed by atoms with Crippen LogP contribution >= 0.6 is 0 Å². The number of carbonyl (C=O) groups excluding carboxylic acids is 1. The quantitative estimate of drug-likeness (QED) is 0.501. The van der Waals surface area contributed by atoms with Gasteiger partial charge in [0.2, 0.25) is 11.9 Å². The molecular formula is C4H5N5O. The van der Waals surface area contributed by atoms with Crippen molar-refractivity contribution in [3.05, 3.63) is 0 Å². The van der Waals surface area contributed by atoms with Gasteiger partial charge in [0.25, 0.3) is 0 Å². The predicted octanol–water partition coefficient (Wildman–Crippen LogP) is -0.985. The third-order valence-corrected chi connectivity index (χ3v) is 1.33. The minimum absolute atomic E-state index is 0.0256. The van der Waals surface area contributed by atoms with E-state index in [-0.39, 0.29) is 5.91 Å². The van der Waals surface area contributed by atoms with Crippen LogP contribution < -0.4 is 5.32 Å². The van der Waals surface area contributed by atoms with Crippen molar-refractivity contribution in [2.75, 3.05) is 5.32 Å². The Bertz CT molecular complexity index is 266. The van der Waals surface area contributed by atoms with E-state index in [0.29, 0.717) is 18.9 Å². The number of aryl methyl sites for hydroxylation is 1. The number of hydrogen-bond acceptors (Lipinski definition) is 4. The number of nitrogens with zero attached hydrogens (tertiary/aromatic N) is 4. The molecule has 1 aliphatic heterocycles. The van der Waals surface area contributed by atoms with Gasteiger partial charge in [-0.1, -0.05) is 5.10 Å². The molecule has 0 fully saturated rings. The maximum absolute atomic E-state index is 10.7. The van der Waals surface area contributed by atoms with E-state index >= 15 is 0 Å². The van der Waals surface area contributed by atoms with Gasteiger partial charge in [0, 0.05) is 6.42 Å². The number of amides is 1. The molecule has 1 N–H and O–H groups in total. The lowest BCUT2D eigenvalue weighted by atomic mass is 10.4. The highest BCUT2D eigenvalue weighted by Crippen LogP contribution is 2.06. The summed E-state index contributed by atoms with van der Waals surface area (Å²) in [7, 11) is 0. The molecule has 6 heteroatoms. The molecular weight excluding hydrogens is 134 g/mol. The molecule has 2 heterocycles. The molecule has 1 amide bonds. The zero-order chi connectivity index (χ0) is 6.97. The highest BCUT2D eigenvalue weighted by Gasteiger charge is 2.15. The zero-order valence-corrected chi connectivity index (χ0v) is 5.11. The number of tetrazole rings is 1. The Morgan fingerprint density at radius 2 is 2.50 bits per heavy atom. The molecule has 6 nitrogen and oxygen atoms in total. The van der Waals surface area contributed by atoms with E-state index in [1.807, 2.05) is 0 Å². The van der Waals surface area contributed by atoms with Gasteiger partial charge in [-0.2, -0.15) is 0 Å². The van der Waals surface area contributed by atoms with Gasteiger partial charge in [-0.15, -0.1) is 0 Å². The second kappa shape index (κ2) is 1.76. The van der Waals surface area contributed by atoms with Crippen LogP contribution in [0, 0.1) is 0 Å². The van der Waals surface area contributed by atoms with Gasteiger partial charge in [-0.05, 0) is 10.4 Å². The van der Waals surface area contributed by atoms with Crippen molar-refractivity contribution in [2.45, 2.75) is 13.0 Å². The number of aromatic nitrogens is 4. The summed E-state index contributed by atoms with van der Waals surface area (Å²) >= 11 is 0. The number of fused-ring (bicyclic) bond motifs is 1. The summed E-state index contributed by atoms with van der Waals surface area (Å²) in [6.45, 7) is 0.578. The minimum Gasteiger partial charge on any atom is -0.293 e. The maximum atomic E-state index is 10.7. The number of carbonyl (C=O) groups is 1. The second-order valence-corrected chi connectivity index (χ2v) is 2.02. The summed E-state index contributed by atoms with van der Waals surface area (Å²) in [6.07, 6.45) is 0.456. The van der Waals surface area contributed by atoms with Crippen molar-refractivity contribution in [1.29, 1.82) is 0 Å². The fraction of sp³-hybridized carbons (Fsp3) is 0.500. The van der Waals surface area contributed by atoms with Crippen LogP contribution in [0.2, 0.25) is 0 Å². The monoisotopic (exact) mass is 139 g/mol. The van der Waals surface area contributed by atoms with Crippen LogP contribution in [0.4, 0.5) is 5.95 Å². The Morgan fingerprint density at radius 3 is 3.40 bits per heavy atom. The summed E-state index contributed by atoms with van der Waals surface area (Å²) in [6, 6.07) is 0. The lowest BCUT2D eigenvalue weighted by Crippen LogP contribution is -2.23. The Kier molecular flexibility index (Phi) is 0.938. The first-order valence-electron chi connectivity index (χ1n) is 2.92. The molecule has 0 unspecified atom stereocenters. The topological polar surface area (TPSA) is 72.7 Å². The van der Waals surface area contributed by atoms with Crippen LogP contribution in [0.5, 0.6) is 0 Å². The molecule has 1 aromatic rings. The van der Waals surface area contributed by atoms with Crippen molar-refractivity contribution >= 4 is 11.9 Å². The van der Waals surface area contributed by atoms with E-state index in [4.69, 9.17) is 0 Å². The molecule has 0 saturated heterocycles. The van der Waals surface area contributed by atoms with E-state index in [1.165, 1.54) is 0 Å². The molecule has 52 valence electrons. The summed E-state index contributed by atoms with van der Waals surface area (Å²) in [4.78, 5) is 10.7. The average molecular weight is 139 g/mol. The third-order valence-electron chi connectivity index (χ3n) is 1.33. The zero-order valence-electron chi connectivity index (χ0n) is 5.11. The summed E-state index contributed by atoms with van der Waals surface area (Å²) in [5.74, 6) is 0.415. The molecule has 10 heavy (non-hydrogen) atoms. The van der Waals surface area contributed by atoms with Gasteiger partial charge >= 0.3 is 0 Å². The lowest BCUT2D eigenvalue weighted by Gasteiger charge is -2.09. The third kappa shape index (κ3) is 0.652. The highest BCUT2D eigenvalue weighted by atomic mass is 16.2. The molecule has 0 aromatic carbocycles. The van der Waals surface area contributed by atoms with Gasteiger partial charge < -0.3 is 0 Å². The SMILES string of the molecule is O=C1CCn2nnnc2N1. The van der Waals surface area contributed by atoms with Gasteiger partial charge in [-0.25, -0.2) is 4.68 Å². The smallest absolute Gasteiger partial charge is 0.249 e. The van der Waals surface area contributed by atoms with Crippen LogP contribution in [0.15, 0.2) is 0 Å². The van der Waals surface area contributed by atoms with E-state index in [1.54, 1.807) is 4.68 Å². The highest BCUT2D eigenvalue weighted by molar-refractivity contribution is 5.89. The van der Waals surface area contributed by atoms with Gasteiger partial charge in [-0.3, -0.25) is 10.1 Å². The molecule has 0 saturated carbocycles. The van der Waals surface area contributed by atoms with E-state index in [9.17, 15) is 4.79 Å². The molecule has 0 aliphatic carbocycles. The normalized spacial score (nSPS) is 16.2. The van der Waals surface area contributed by atoms with E-state index in [0.717, 1.165) is 0 Å². The van der Waals surface area contributed by atoms with Crippen molar-refractivity contribution < 1.29 is 4.79 Å². The molecule has 1 aliphatic rings. The molecule has 2 rings (SSSR count). The van der Waals surface area contributed by atoms with E-state index in [2.05, 4.69) is 20.8 Å². The van der Waals surface area contributed by atoms with Crippen LogP contribution in [0.1, 0.15) is 6.42 Å². The second-order valence-electron chi connectivity index (χ2n) is 2.02. The number of rotatable bonds is 0. The van der Waals surface area contributed by atoms with Crippen molar-refractivity contribution in [2.24, 2.45) is 0 Å². The fourth-order valence-corrected chi connectivity index (χ4v) is 0.839. The predicted molar refractivity (Wildman–Crippen MR) is 31.1 cm³/mol. The van der Waals surface area contributed by atoms with Crippen LogP contribution in [-0.4, -0.2) is 26.1 Å². The Hall–Kier alpha value is -1.46. The minimum atomic E-state index is -0.0256. The Labute approximate surface area is 56.2 Å². The first kappa shape index (κ1) is 5.33. The Morgan fingerprint density at radius 1 is 1.60 bits per heavy atom. The molecule has 0 radical (unpaired) electrons. The maximum Gasteiger partial charge on any atom is 0.249 e. The first-order valence-corrected chi connectivity index (χ1v) is 2.92. The number of nitrogens with one attached hydrogen (secondary N) is 1. The molecule has 0 atom stereocenters. The molecule has 0 bridgehead atoms. The largest absolute Gasteiger partial charge is 0.293 e. The molecule has 0 spiro atoms. The van der Waals surface area contributed by atoms with Crippen molar-refractivity contribution in [3.8, 4) is 0 Å².